The Morgan fingerprint density at radius 3 is 2.71 bits per heavy atom. The average Bonchev–Trinajstić information content (AvgIpc) is 2.29. The molecule has 1 fully saturated rings. The maximum atomic E-state index is 5.81. The van der Waals surface area contributed by atoms with E-state index in [4.69, 9.17) is 5.73 Å². The Kier molecular flexibility index (Phi) is 4.11. The minimum Gasteiger partial charge on any atom is -0.328 e. The molecule has 3 heteroatoms. The van der Waals surface area contributed by atoms with Crippen LogP contribution >= 0.6 is 0 Å². The van der Waals surface area contributed by atoms with Gasteiger partial charge in [0.25, 0.3) is 0 Å². The zero-order valence-electron chi connectivity index (χ0n) is 10.9. The van der Waals surface area contributed by atoms with Crippen LogP contribution in [0, 0.1) is 5.92 Å². The fourth-order valence-electron chi connectivity index (χ4n) is 2.57. The van der Waals surface area contributed by atoms with Crippen LogP contribution in [0.1, 0.15) is 57.0 Å². The molecule has 1 unspecified atom stereocenters. The molecule has 1 saturated carbocycles. The zero-order valence-corrected chi connectivity index (χ0v) is 10.9. The molecule has 3 nitrogen and oxygen atoms in total. The highest BCUT2D eigenvalue weighted by Gasteiger charge is 2.21. The van der Waals surface area contributed by atoms with Gasteiger partial charge in [0.1, 0.15) is 5.82 Å². The summed E-state index contributed by atoms with van der Waals surface area (Å²) in [4.78, 5) is 9.11. The van der Waals surface area contributed by atoms with Crippen molar-refractivity contribution in [2.75, 3.05) is 0 Å². The molecule has 1 atom stereocenters. The molecule has 1 aromatic heterocycles. The summed E-state index contributed by atoms with van der Waals surface area (Å²) in [5.41, 5.74) is 6.90. The molecule has 0 spiro atoms. The summed E-state index contributed by atoms with van der Waals surface area (Å²) in [5.74, 6) is 2.48. The lowest BCUT2D eigenvalue weighted by atomic mass is 9.82. The predicted molar refractivity (Wildman–Crippen MR) is 69.8 cm³/mol. The quantitative estimate of drug-likeness (QED) is 0.873. The summed E-state index contributed by atoms with van der Waals surface area (Å²) in [7, 11) is 0. The number of hydrogen-bond acceptors (Lipinski definition) is 3. The van der Waals surface area contributed by atoms with Crippen LogP contribution < -0.4 is 5.73 Å². The van der Waals surface area contributed by atoms with Crippen LogP contribution in [0.5, 0.6) is 0 Å². The van der Waals surface area contributed by atoms with Gasteiger partial charge in [0.2, 0.25) is 0 Å². The van der Waals surface area contributed by atoms with Crippen molar-refractivity contribution >= 4 is 0 Å². The first kappa shape index (κ1) is 12.5. The Bertz CT molecular complexity index is 354. The van der Waals surface area contributed by atoms with Gasteiger partial charge in [-0.25, -0.2) is 9.97 Å². The second kappa shape index (κ2) is 5.58. The van der Waals surface area contributed by atoms with E-state index in [0.717, 1.165) is 23.9 Å². The van der Waals surface area contributed by atoms with Gasteiger partial charge in [0.15, 0.2) is 0 Å². The molecule has 1 aliphatic rings. The van der Waals surface area contributed by atoms with E-state index in [1.54, 1.807) is 0 Å². The van der Waals surface area contributed by atoms with Crippen molar-refractivity contribution in [1.82, 2.24) is 9.97 Å². The van der Waals surface area contributed by atoms with Gasteiger partial charge in [-0.15, -0.1) is 0 Å². The van der Waals surface area contributed by atoms with E-state index < -0.39 is 0 Å². The summed E-state index contributed by atoms with van der Waals surface area (Å²) < 4.78 is 0. The van der Waals surface area contributed by atoms with E-state index in [-0.39, 0.29) is 6.04 Å². The SMILES string of the molecule is CC(N)Cc1ccnc(C2CCC(C)CC2)n1. The first-order valence-corrected chi connectivity index (χ1v) is 6.72. The monoisotopic (exact) mass is 233 g/mol. The molecule has 0 saturated heterocycles. The smallest absolute Gasteiger partial charge is 0.131 e. The number of aromatic nitrogens is 2. The lowest BCUT2D eigenvalue weighted by Gasteiger charge is -2.25. The van der Waals surface area contributed by atoms with Crippen molar-refractivity contribution in [3.05, 3.63) is 23.8 Å². The van der Waals surface area contributed by atoms with Crippen molar-refractivity contribution in [1.29, 1.82) is 0 Å². The minimum absolute atomic E-state index is 0.170. The Hall–Kier alpha value is -0.960. The van der Waals surface area contributed by atoms with Gasteiger partial charge < -0.3 is 5.73 Å². The topological polar surface area (TPSA) is 51.8 Å². The van der Waals surface area contributed by atoms with Crippen LogP contribution in [0.15, 0.2) is 12.3 Å². The lowest BCUT2D eigenvalue weighted by molar-refractivity contribution is 0.339. The summed E-state index contributed by atoms with van der Waals surface area (Å²) in [5, 5.41) is 0. The van der Waals surface area contributed by atoms with Crippen molar-refractivity contribution in [3.8, 4) is 0 Å². The van der Waals surface area contributed by atoms with Crippen molar-refractivity contribution < 1.29 is 0 Å². The summed E-state index contributed by atoms with van der Waals surface area (Å²) in [6.45, 7) is 4.35. The maximum absolute atomic E-state index is 5.81. The molecular weight excluding hydrogens is 210 g/mol. The Morgan fingerprint density at radius 2 is 2.06 bits per heavy atom. The third-order valence-electron chi connectivity index (χ3n) is 3.64. The Morgan fingerprint density at radius 1 is 1.35 bits per heavy atom. The number of hydrogen-bond donors (Lipinski definition) is 1. The summed E-state index contributed by atoms with van der Waals surface area (Å²) >= 11 is 0. The van der Waals surface area contributed by atoms with Gasteiger partial charge in [-0.1, -0.05) is 19.8 Å². The number of nitrogens with two attached hydrogens (primary N) is 1. The Labute approximate surface area is 104 Å². The first-order chi connectivity index (χ1) is 8.15. The first-order valence-electron chi connectivity index (χ1n) is 6.72. The molecule has 2 N–H and O–H groups in total. The maximum Gasteiger partial charge on any atom is 0.131 e. The summed E-state index contributed by atoms with van der Waals surface area (Å²) in [6.07, 6.45) is 7.83. The molecule has 0 aliphatic heterocycles. The van der Waals surface area contributed by atoms with Gasteiger partial charge in [-0.3, -0.25) is 0 Å². The number of nitrogens with zero attached hydrogens (tertiary/aromatic N) is 2. The molecule has 0 amide bonds. The standard InChI is InChI=1S/C14H23N3/c1-10-3-5-12(6-4-10)14-16-8-7-13(17-14)9-11(2)15/h7-8,10-12H,3-6,9,15H2,1-2H3. The van der Waals surface area contributed by atoms with Crippen LogP contribution in [-0.2, 0) is 6.42 Å². The van der Waals surface area contributed by atoms with E-state index in [1.165, 1.54) is 25.7 Å². The molecule has 0 aromatic carbocycles. The molecule has 17 heavy (non-hydrogen) atoms. The van der Waals surface area contributed by atoms with E-state index in [1.807, 2.05) is 19.2 Å². The van der Waals surface area contributed by atoms with E-state index in [9.17, 15) is 0 Å². The highest BCUT2D eigenvalue weighted by atomic mass is 14.9. The second-order valence-corrected chi connectivity index (χ2v) is 5.54. The average molecular weight is 233 g/mol. The zero-order chi connectivity index (χ0) is 12.3. The van der Waals surface area contributed by atoms with Gasteiger partial charge in [-0.05, 0) is 31.7 Å². The third-order valence-corrected chi connectivity index (χ3v) is 3.64. The molecule has 2 rings (SSSR count). The highest BCUT2D eigenvalue weighted by Crippen LogP contribution is 2.33. The normalized spacial score (nSPS) is 26.8. The molecule has 0 bridgehead atoms. The largest absolute Gasteiger partial charge is 0.328 e. The summed E-state index contributed by atoms with van der Waals surface area (Å²) in [6, 6.07) is 2.15. The Balaban J connectivity index is 2.05. The fraction of sp³-hybridized carbons (Fsp3) is 0.714. The molecule has 1 heterocycles. The van der Waals surface area contributed by atoms with Crippen LogP contribution in [0.2, 0.25) is 0 Å². The van der Waals surface area contributed by atoms with Crippen LogP contribution in [0.3, 0.4) is 0 Å². The van der Waals surface area contributed by atoms with Gasteiger partial charge in [0.05, 0.1) is 0 Å². The van der Waals surface area contributed by atoms with Crippen LogP contribution in [0.4, 0.5) is 0 Å². The van der Waals surface area contributed by atoms with Crippen molar-refractivity contribution in [3.63, 3.8) is 0 Å². The van der Waals surface area contributed by atoms with Crippen molar-refractivity contribution in [2.24, 2.45) is 11.7 Å². The fourth-order valence-corrected chi connectivity index (χ4v) is 2.57. The third kappa shape index (κ3) is 3.50. The van der Waals surface area contributed by atoms with E-state index in [2.05, 4.69) is 16.9 Å². The highest BCUT2D eigenvalue weighted by molar-refractivity contribution is 5.07. The molecule has 1 aliphatic carbocycles. The van der Waals surface area contributed by atoms with E-state index in [0.29, 0.717) is 5.92 Å². The molecule has 1 aromatic rings. The predicted octanol–water partition coefficient (Wildman–Crippen LogP) is 2.66. The van der Waals surface area contributed by atoms with Gasteiger partial charge in [-0.2, -0.15) is 0 Å². The van der Waals surface area contributed by atoms with E-state index >= 15 is 0 Å². The molecule has 94 valence electrons. The van der Waals surface area contributed by atoms with Crippen LogP contribution in [-0.4, -0.2) is 16.0 Å². The van der Waals surface area contributed by atoms with Crippen LogP contribution in [0.25, 0.3) is 0 Å². The van der Waals surface area contributed by atoms with Gasteiger partial charge in [0, 0.05) is 30.3 Å². The minimum atomic E-state index is 0.170. The molecular formula is C14H23N3. The number of rotatable bonds is 3. The molecule has 0 radical (unpaired) electrons. The van der Waals surface area contributed by atoms with Gasteiger partial charge >= 0.3 is 0 Å². The lowest BCUT2D eigenvalue weighted by Crippen LogP contribution is -2.20. The van der Waals surface area contributed by atoms with Crippen molar-refractivity contribution in [2.45, 2.75) is 57.9 Å². The second-order valence-electron chi connectivity index (χ2n) is 5.54.